The number of aromatic nitrogens is 1. The molecule has 0 aliphatic carbocycles. The molecule has 0 amide bonds. The molecule has 0 radical (unpaired) electrons. The lowest BCUT2D eigenvalue weighted by atomic mass is 10.0. The van der Waals surface area contributed by atoms with Crippen molar-refractivity contribution >= 4 is 11.5 Å². The molecule has 5 heteroatoms. The molecule has 118 valence electrons. The van der Waals surface area contributed by atoms with Gasteiger partial charge in [0.05, 0.1) is 0 Å². The van der Waals surface area contributed by atoms with Crippen LogP contribution in [0.25, 0.3) is 0 Å². The molecule has 3 N–H and O–H groups in total. The van der Waals surface area contributed by atoms with Gasteiger partial charge >= 0.3 is 0 Å². The molecule has 1 heterocycles. The predicted octanol–water partition coefficient (Wildman–Crippen LogP) is 2.76. The van der Waals surface area contributed by atoms with Crippen LogP contribution in [0.2, 0.25) is 0 Å². The Bertz CT molecular complexity index is 613. The molecule has 0 aliphatic heterocycles. The lowest BCUT2D eigenvalue weighted by molar-refractivity contribution is 0.405. The van der Waals surface area contributed by atoms with Crippen LogP contribution in [-0.4, -0.2) is 37.1 Å². The summed E-state index contributed by atoms with van der Waals surface area (Å²) in [5.41, 5.74) is 7.67. The summed E-state index contributed by atoms with van der Waals surface area (Å²) < 4.78 is 13.8. The van der Waals surface area contributed by atoms with Crippen LogP contribution in [0, 0.1) is 5.82 Å². The molecular weight excluding hydrogens is 279 g/mol. The molecular formula is C17H23FN4. The predicted molar refractivity (Wildman–Crippen MR) is 89.5 cm³/mol. The number of hydrogen-bond donors (Lipinski definition) is 2. The lowest BCUT2D eigenvalue weighted by Gasteiger charge is -2.11. The van der Waals surface area contributed by atoms with Gasteiger partial charge in [-0.3, -0.25) is 0 Å². The number of halogens is 1. The van der Waals surface area contributed by atoms with Crippen LogP contribution in [0.15, 0.2) is 36.5 Å². The summed E-state index contributed by atoms with van der Waals surface area (Å²) in [6.45, 7) is 1.90. The maximum Gasteiger partial charge on any atom is 0.128 e. The van der Waals surface area contributed by atoms with Crippen molar-refractivity contribution in [3.05, 3.63) is 53.5 Å². The van der Waals surface area contributed by atoms with Crippen LogP contribution < -0.4 is 11.1 Å². The fraction of sp³-hybridized carbons (Fsp3) is 0.353. The van der Waals surface area contributed by atoms with Crippen LogP contribution in [-0.2, 0) is 6.42 Å². The first-order valence-electron chi connectivity index (χ1n) is 7.42. The van der Waals surface area contributed by atoms with Gasteiger partial charge in [0.15, 0.2) is 0 Å². The minimum Gasteiger partial charge on any atom is -0.399 e. The van der Waals surface area contributed by atoms with Crippen molar-refractivity contribution < 1.29 is 4.39 Å². The summed E-state index contributed by atoms with van der Waals surface area (Å²) in [6, 6.07) is 8.68. The number of hydrogen-bond acceptors (Lipinski definition) is 4. The van der Waals surface area contributed by atoms with Crippen LogP contribution in [0.4, 0.5) is 15.9 Å². The monoisotopic (exact) mass is 302 g/mol. The summed E-state index contributed by atoms with van der Waals surface area (Å²) in [5, 5.41) is 3.30. The molecule has 1 aromatic heterocycles. The zero-order valence-corrected chi connectivity index (χ0v) is 13.1. The standard InChI is InChI=1S/C17H23FN4/c1-22(2)9-3-7-20-17-11-13(6-8-21-17)10-14-4-5-15(19)12-16(14)18/h4-6,8,11-12H,3,7,9-10,19H2,1-2H3,(H,20,21). The average molecular weight is 302 g/mol. The Kier molecular flexibility index (Phi) is 5.72. The third kappa shape index (κ3) is 5.00. The van der Waals surface area contributed by atoms with Crippen molar-refractivity contribution in [2.45, 2.75) is 12.8 Å². The van der Waals surface area contributed by atoms with E-state index in [2.05, 4.69) is 29.3 Å². The first-order chi connectivity index (χ1) is 10.5. The molecule has 2 aromatic rings. The molecule has 0 atom stereocenters. The van der Waals surface area contributed by atoms with Crippen LogP contribution >= 0.6 is 0 Å². The van der Waals surface area contributed by atoms with E-state index in [1.54, 1.807) is 18.3 Å². The molecule has 0 spiro atoms. The number of anilines is 2. The normalized spacial score (nSPS) is 10.9. The quantitative estimate of drug-likeness (QED) is 0.610. The van der Waals surface area contributed by atoms with E-state index < -0.39 is 0 Å². The molecule has 0 bridgehead atoms. The topological polar surface area (TPSA) is 54.2 Å². The number of nitrogens with two attached hydrogens (primary N) is 1. The fourth-order valence-electron chi connectivity index (χ4n) is 2.22. The molecule has 22 heavy (non-hydrogen) atoms. The summed E-state index contributed by atoms with van der Waals surface area (Å²) in [6.07, 6.45) is 3.32. The van der Waals surface area contributed by atoms with E-state index in [0.29, 0.717) is 17.7 Å². The van der Waals surface area contributed by atoms with E-state index in [0.717, 1.165) is 30.9 Å². The van der Waals surface area contributed by atoms with E-state index in [1.165, 1.54) is 6.07 Å². The van der Waals surface area contributed by atoms with Crippen molar-refractivity contribution in [1.82, 2.24) is 9.88 Å². The number of nitrogens with one attached hydrogen (secondary N) is 1. The molecule has 0 aliphatic rings. The van der Waals surface area contributed by atoms with Crippen LogP contribution in [0.3, 0.4) is 0 Å². The number of rotatable bonds is 7. The molecule has 0 fully saturated rings. The molecule has 1 aromatic carbocycles. The first-order valence-corrected chi connectivity index (χ1v) is 7.42. The smallest absolute Gasteiger partial charge is 0.128 e. The molecule has 2 rings (SSSR count). The maximum atomic E-state index is 13.8. The molecule has 0 unspecified atom stereocenters. The van der Waals surface area contributed by atoms with Gasteiger partial charge in [0, 0.05) is 24.8 Å². The molecule has 0 saturated carbocycles. The van der Waals surface area contributed by atoms with Crippen molar-refractivity contribution in [2.75, 3.05) is 38.2 Å². The number of pyridine rings is 1. The first kappa shape index (κ1) is 16.2. The second-order valence-electron chi connectivity index (χ2n) is 5.66. The highest BCUT2D eigenvalue weighted by Crippen LogP contribution is 2.17. The third-order valence-corrected chi connectivity index (χ3v) is 3.38. The Balaban J connectivity index is 1.96. The molecule has 0 saturated heterocycles. The van der Waals surface area contributed by atoms with E-state index in [-0.39, 0.29) is 5.82 Å². The zero-order valence-electron chi connectivity index (χ0n) is 13.1. The third-order valence-electron chi connectivity index (χ3n) is 3.38. The van der Waals surface area contributed by atoms with Crippen LogP contribution in [0.1, 0.15) is 17.5 Å². The van der Waals surface area contributed by atoms with Crippen molar-refractivity contribution in [2.24, 2.45) is 0 Å². The van der Waals surface area contributed by atoms with Gasteiger partial charge in [-0.15, -0.1) is 0 Å². The van der Waals surface area contributed by atoms with Crippen molar-refractivity contribution in [1.29, 1.82) is 0 Å². The lowest BCUT2D eigenvalue weighted by Crippen LogP contribution is -2.16. The van der Waals surface area contributed by atoms with Gasteiger partial charge in [-0.05, 0) is 62.5 Å². The second kappa shape index (κ2) is 7.75. The minimum absolute atomic E-state index is 0.266. The highest BCUT2D eigenvalue weighted by Gasteiger charge is 2.05. The van der Waals surface area contributed by atoms with Gasteiger partial charge in [0.25, 0.3) is 0 Å². The highest BCUT2D eigenvalue weighted by atomic mass is 19.1. The van der Waals surface area contributed by atoms with Gasteiger partial charge in [-0.2, -0.15) is 0 Å². The van der Waals surface area contributed by atoms with Gasteiger partial charge in [0.1, 0.15) is 11.6 Å². The number of nitrogens with zero attached hydrogens (tertiary/aromatic N) is 2. The van der Waals surface area contributed by atoms with Crippen LogP contribution in [0.5, 0.6) is 0 Å². The van der Waals surface area contributed by atoms with E-state index in [1.807, 2.05) is 12.1 Å². The Morgan fingerprint density at radius 3 is 2.77 bits per heavy atom. The van der Waals surface area contributed by atoms with Crippen molar-refractivity contribution in [3.8, 4) is 0 Å². The van der Waals surface area contributed by atoms with E-state index >= 15 is 0 Å². The van der Waals surface area contributed by atoms with Crippen molar-refractivity contribution in [3.63, 3.8) is 0 Å². The SMILES string of the molecule is CN(C)CCCNc1cc(Cc2ccc(N)cc2F)ccn1. The summed E-state index contributed by atoms with van der Waals surface area (Å²) >= 11 is 0. The highest BCUT2D eigenvalue weighted by molar-refractivity contribution is 5.43. The molecule has 4 nitrogen and oxygen atoms in total. The number of benzene rings is 1. The van der Waals surface area contributed by atoms with Gasteiger partial charge in [-0.1, -0.05) is 6.07 Å². The van der Waals surface area contributed by atoms with E-state index in [4.69, 9.17) is 5.73 Å². The Labute approximate surface area is 131 Å². The Hall–Kier alpha value is -2.14. The number of nitrogen functional groups attached to an aromatic ring is 1. The van der Waals surface area contributed by atoms with Gasteiger partial charge in [-0.25, -0.2) is 9.37 Å². The summed E-state index contributed by atoms with van der Waals surface area (Å²) in [4.78, 5) is 6.44. The van der Waals surface area contributed by atoms with Gasteiger partial charge < -0.3 is 16.0 Å². The fourth-order valence-corrected chi connectivity index (χ4v) is 2.22. The van der Waals surface area contributed by atoms with E-state index in [9.17, 15) is 4.39 Å². The maximum absolute atomic E-state index is 13.8. The largest absolute Gasteiger partial charge is 0.399 e. The van der Waals surface area contributed by atoms with Gasteiger partial charge in [0.2, 0.25) is 0 Å². The Morgan fingerprint density at radius 2 is 2.05 bits per heavy atom. The summed E-state index contributed by atoms with van der Waals surface area (Å²) in [7, 11) is 4.11. The Morgan fingerprint density at radius 1 is 1.23 bits per heavy atom. The minimum atomic E-state index is -0.266. The second-order valence-corrected chi connectivity index (χ2v) is 5.66. The summed E-state index contributed by atoms with van der Waals surface area (Å²) in [5.74, 6) is 0.560. The zero-order chi connectivity index (χ0) is 15.9. The average Bonchev–Trinajstić information content (AvgIpc) is 2.47.